The number of carbonyl (C=O) groups is 14. The Balaban J connectivity index is -0.0000000870. The van der Waals surface area contributed by atoms with Crippen molar-refractivity contribution in [1.82, 2.24) is 5.06 Å². The Kier molecular flexibility index (Phi) is 81.4. The maximum absolute atomic E-state index is 10.9. The summed E-state index contributed by atoms with van der Waals surface area (Å²) in [4.78, 5) is 139. The molecule has 478 valence electrons. The van der Waals surface area contributed by atoms with Gasteiger partial charge in [0.1, 0.15) is 5.88 Å². The third-order valence-electron chi connectivity index (χ3n) is 8.25. The van der Waals surface area contributed by atoms with Gasteiger partial charge >= 0.3 is 125 Å². The topological polar surface area (TPSA) is 525 Å². The maximum Gasteiger partial charge on any atom is 2.00 e. The summed E-state index contributed by atoms with van der Waals surface area (Å²) in [5.74, 6) is -14.4. The molecule has 4 aliphatic rings. The van der Waals surface area contributed by atoms with Crippen LogP contribution in [0, 0.1) is 38.5 Å². The quantitative estimate of drug-likeness (QED) is 0.0371. The first-order valence-corrected chi connectivity index (χ1v) is 28.9. The third-order valence-corrected chi connectivity index (χ3v) is 8.67. The van der Waals surface area contributed by atoms with Crippen LogP contribution in [0.5, 0.6) is 0 Å². The molecule has 0 spiro atoms. The molecule has 0 radical (unpaired) electrons. The van der Waals surface area contributed by atoms with Gasteiger partial charge in [0.15, 0.2) is 0 Å². The molecule has 13 N–H and O–H groups in total. The van der Waals surface area contributed by atoms with Crippen LogP contribution in [0.1, 0.15) is 124 Å². The van der Waals surface area contributed by atoms with Gasteiger partial charge in [-0.2, -0.15) is 35.9 Å². The van der Waals surface area contributed by atoms with E-state index in [2.05, 4.69) is 25.6 Å². The Labute approximate surface area is 523 Å². The molecule has 36 heteroatoms. The van der Waals surface area contributed by atoms with E-state index in [1.807, 2.05) is 0 Å². The molecule has 81 heavy (non-hydrogen) atoms. The summed E-state index contributed by atoms with van der Waals surface area (Å²) >= 11 is 9.08. The molecule has 0 saturated heterocycles. The smallest absolute Gasteiger partial charge is 2.00 e. The van der Waals surface area contributed by atoms with E-state index in [-0.39, 0.29) is 84.0 Å². The summed E-state index contributed by atoms with van der Waals surface area (Å²) in [5, 5.41) is 75.3. The number of nitrogens with zero attached hydrogens (tertiary/aromatic N) is 1. The molecule has 0 bridgehead atoms. The van der Waals surface area contributed by atoms with Crippen LogP contribution >= 0.6 is 42.0 Å². The molecular formula is C45H70Cl4N4O25Pt3. The number of amides is 2. The van der Waals surface area contributed by atoms with E-state index in [1.54, 1.807) is 0 Å². The van der Waals surface area contributed by atoms with Crippen molar-refractivity contribution in [1.29, 1.82) is 0 Å². The van der Waals surface area contributed by atoms with E-state index >= 15 is 0 Å². The molecule has 2 amide bonds. The summed E-state index contributed by atoms with van der Waals surface area (Å²) in [6.45, 7) is 14.9. The first-order valence-electron chi connectivity index (χ1n) is 22.3. The molecule has 6 atom stereocenters. The van der Waals surface area contributed by atoms with E-state index in [9.17, 15) is 33.6 Å². The van der Waals surface area contributed by atoms with Crippen LogP contribution in [0.2, 0.25) is 0 Å². The van der Waals surface area contributed by atoms with Crippen molar-refractivity contribution in [3.05, 3.63) is 50.1 Å². The van der Waals surface area contributed by atoms with Gasteiger partial charge in [-0.1, -0.05) is 82.1 Å². The predicted molar refractivity (Wildman–Crippen MR) is 278 cm³/mol. The van der Waals surface area contributed by atoms with E-state index in [0.717, 1.165) is 52.2 Å². The molecular weight excluding hydrogens is 1720 g/mol. The average molecular weight is 1790 g/mol. The summed E-state index contributed by atoms with van der Waals surface area (Å²) in [5.41, 5.74) is 22.2. The van der Waals surface area contributed by atoms with Crippen molar-refractivity contribution in [3.8, 4) is 0 Å². The van der Waals surface area contributed by atoms with Crippen molar-refractivity contribution in [3.63, 3.8) is 0 Å². The van der Waals surface area contributed by atoms with Crippen LogP contribution in [0.4, 0.5) is 0 Å². The Morgan fingerprint density at radius 1 is 0.506 bits per heavy atom. The molecule has 0 aromatic heterocycles. The largest absolute Gasteiger partial charge is 2.00 e. The van der Waals surface area contributed by atoms with Gasteiger partial charge in [0.05, 0.1) is 19.3 Å². The molecule has 4 rings (SSSR count). The minimum absolute atomic E-state index is 0. The van der Waals surface area contributed by atoms with Gasteiger partial charge in [0.2, 0.25) is 5.24 Å². The molecule has 1 aliphatic heterocycles. The van der Waals surface area contributed by atoms with Crippen molar-refractivity contribution in [2.75, 3.05) is 5.88 Å². The Hall–Kier alpha value is -4.18. The summed E-state index contributed by atoms with van der Waals surface area (Å²) in [6, 6.07) is 0.427. The normalized spacial score (nSPS) is 18.1. The van der Waals surface area contributed by atoms with Gasteiger partial charge in [-0.15, -0.1) is 11.6 Å². The monoisotopic (exact) mass is 1790 g/mol. The second-order valence-corrected chi connectivity index (χ2v) is 19.2. The van der Waals surface area contributed by atoms with Crippen LogP contribution in [-0.4, -0.2) is 163 Å². The standard InChI is InChI=1S/C8H7NO6.3C7H13N.C4H5ClO3.C2H3ClO2.2C2H2O4.3C2H4O2.2ClH.3Pt/c10-5-1-2-6(11)9(5)15-8(14)4-3-7(12)13;3*1-6-4-2-3-5-7(6)8;5-3(6)1-2-4(7)8;3-1-2(4)5;2*3-1(4)2(5)6;3*1-2(3)4;;;;;/h1-2H,3-4H2,(H,12,13);3*6-8H,1-5H2;1-2H2,(H,7,8);1H2,(H,4,5);2*(H,3,4)(H,5,6);3*1H3,(H,3,4);2*1H;;;/q;3*-2;;;;;;;;;;2*+2;+4/p-2/t;3*6-,7-;;;;;;;;;;;;/m.111............/s1. The van der Waals surface area contributed by atoms with Crippen molar-refractivity contribution < 1.29 is 182 Å². The maximum atomic E-state index is 10.9. The average Bonchev–Trinajstić information content (AvgIpc) is 3.64. The van der Waals surface area contributed by atoms with Crippen molar-refractivity contribution in [2.24, 2.45) is 17.8 Å². The number of halogens is 4. The number of carboxylic acids is 10. The van der Waals surface area contributed by atoms with Gasteiger partial charge in [0.25, 0.3) is 29.7 Å². The number of nitrogens with one attached hydrogen (secondary N) is 3. The number of hydrogen-bond acceptors (Lipinski definition) is 15. The van der Waals surface area contributed by atoms with Crippen molar-refractivity contribution in [2.45, 2.75) is 142 Å². The fourth-order valence-corrected chi connectivity index (χ4v) is 4.76. The van der Waals surface area contributed by atoms with Gasteiger partial charge in [-0.05, 0) is 11.6 Å². The Morgan fingerprint density at radius 2 is 0.716 bits per heavy atom. The molecule has 0 aromatic carbocycles. The Bertz CT molecular complexity index is 1680. The van der Waals surface area contributed by atoms with Crippen LogP contribution < -0.4 is 0 Å². The molecule has 3 fully saturated rings. The molecule has 0 aromatic rings. The van der Waals surface area contributed by atoms with Crippen LogP contribution in [0.25, 0.3) is 17.2 Å². The fourth-order valence-electron chi connectivity index (χ4n) is 4.66. The van der Waals surface area contributed by atoms with Crippen LogP contribution in [-0.2, 0) is 131 Å². The molecule has 3 aliphatic carbocycles. The zero-order valence-electron chi connectivity index (χ0n) is 43.8. The number of hydroxylamine groups is 2. The number of imide groups is 1. The van der Waals surface area contributed by atoms with Gasteiger partial charge < -0.3 is 93.9 Å². The molecule has 1 heterocycles. The summed E-state index contributed by atoms with van der Waals surface area (Å²) in [6.07, 6.45) is 15.2. The van der Waals surface area contributed by atoms with Crippen LogP contribution in [0.15, 0.2) is 12.2 Å². The number of hydrogen-bond donors (Lipinski definition) is 10. The SMILES string of the molecule is CC(=O)O.CC(=O)O.CC(=O)O.O=C(O)C(=O)O.O=C(O)C(=O)O.O=C(O)CCC(=O)Cl.O=C(O)CCC(=O)ON1C(=O)C=CC1=O.O=C(O)CCl.[CH2-][C@@H]1CCCC[C@H]1[NH-].[CH2-][C@@H]1CCCC[C@H]1[NH-].[CH2-][C@@H]1CCCC[C@H]1[NH-].[Cl][Pt+2][Cl].[Pt+2].[Pt+2]. The van der Waals surface area contributed by atoms with E-state index in [4.69, 9.17) is 144 Å². The molecule has 0 unspecified atom stereocenters. The molecule has 29 nitrogen and oxygen atoms in total. The van der Waals surface area contributed by atoms with Gasteiger partial charge in [-0.3, -0.25) is 43.2 Å². The number of rotatable bonds is 8. The summed E-state index contributed by atoms with van der Waals surface area (Å²) < 4.78 is 0. The number of carboxylic acid groups (broad SMARTS) is 10. The summed E-state index contributed by atoms with van der Waals surface area (Å²) in [7, 11) is 9.75. The fraction of sp³-hybridized carbons (Fsp3) is 0.578. The first-order chi connectivity index (χ1) is 36.2. The predicted octanol–water partition coefficient (Wildman–Crippen LogP) is 7.41. The second-order valence-electron chi connectivity index (χ2n) is 15.2. The van der Waals surface area contributed by atoms with Gasteiger partial charge in [0, 0.05) is 39.3 Å². The second kappa shape index (κ2) is 66.6. The van der Waals surface area contributed by atoms with Crippen LogP contribution in [0.3, 0.4) is 0 Å². The van der Waals surface area contributed by atoms with E-state index in [1.165, 1.54) is 57.8 Å². The van der Waals surface area contributed by atoms with E-state index < -0.39 is 112 Å². The first kappa shape index (κ1) is 98.9. The third kappa shape index (κ3) is 95.4. The minimum Gasteiger partial charge on any atom is 2.00 e. The van der Waals surface area contributed by atoms with Crippen molar-refractivity contribution >= 4 is 125 Å². The Morgan fingerprint density at radius 3 is 0.852 bits per heavy atom. The number of alkyl halides is 1. The number of carbonyl (C=O) groups excluding carboxylic acids is 4. The zero-order valence-corrected chi connectivity index (χ0v) is 53.6. The number of aliphatic carboxylic acids is 10. The van der Waals surface area contributed by atoms with E-state index in [0.29, 0.717) is 17.8 Å². The minimum atomic E-state index is -1.82. The molecule has 3 saturated carbocycles. The van der Waals surface area contributed by atoms with Gasteiger partial charge in [-0.25, -0.2) is 24.0 Å². The zero-order chi connectivity index (χ0) is 64.0.